The van der Waals surface area contributed by atoms with Crippen LogP contribution in [-0.2, 0) is 13.1 Å². The number of hydrogen-bond acceptors (Lipinski definition) is 6. The maximum absolute atomic E-state index is 9.19. The monoisotopic (exact) mass is 384 g/mol. The average molecular weight is 384 g/mol. The summed E-state index contributed by atoms with van der Waals surface area (Å²) in [5, 5.41) is 12.5. The zero-order chi connectivity index (χ0) is 19.9. The van der Waals surface area contributed by atoms with Crippen molar-refractivity contribution in [2.45, 2.75) is 13.1 Å². The molecular weight excluding hydrogens is 360 g/mol. The Labute approximate surface area is 171 Å². The Bertz CT molecular complexity index is 974. The summed E-state index contributed by atoms with van der Waals surface area (Å²) < 4.78 is 0. The second-order valence-electron chi connectivity index (χ2n) is 7.09. The van der Waals surface area contributed by atoms with Gasteiger partial charge in [-0.2, -0.15) is 5.26 Å². The zero-order valence-corrected chi connectivity index (χ0v) is 16.3. The van der Waals surface area contributed by atoms with Crippen LogP contribution in [0.3, 0.4) is 0 Å². The molecule has 1 aromatic heterocycles. The molecule has 146 valence electrons. The van der Waals surface area contributed by atoms with Gasteiger partial charge in [0.05, 0.1) is 0 Å². The maximum Gasteiger partial charge on any atom is 0.182 e. The molecule has 1 aliphatic rings. The van der Waals surface area contributed by atoms with Crippen molar-refractivity contribution in [1.29, 1.82) is 5.26 Å². The standard InChI is InChI=1S/C23H24N6/c24-16-22-23(26-11-10-25-22)27-17-19-6-4-5-7-20(19)18-28-12-14-29(15-13-28)21-8-2-1-3-9-21/h1-11H,12-15,17-18H2,(H,26,27). The molecule has 0 aliphatic carbocycles. The Morgan fingerprint density at radius 1 is 0.862 bits per heavy atom. The molecule has 3 aromatic rings. The third-order valence-corrected chi connectivity index (χ3v) is 5.26. The molecule has 1 aliphatic heterocycles. The molecule has 0 bridgehead atoms. The number of para-hydroxylation sites is 1. The molecule has 0 atom stereocenters. The van der Waals surface area contributed by atoms with Crippen molar-refractivity contribution in [2.24, 2.45) is 0 Å². The van der Waals surface area contributed by atoms with Crippen LogP contribution in [0.15, 0.2) is 67.0 Å². The summed E-state index contributed by atoms with van der Waals surface area (Å²) in [6.07, 6.45) is 3.13. The molecule has 4 rings (SSSR count). The van der Waals surface area contributed by atoms with Crippen LogP contribution >= 0.6 is 0 Å². The molecule has 1 saturated heterocycles. The second-order valence-corrected chi connectivity index (χ2v) is 7.09. The summed E-state index contributed by atoms with van der Waals surface area (Å²) in [6.45, 7) is 5.70. The van der Waals surface area contributed by atoms with Crippen LogP contribution in [0.25, 0.3) is 0 Å². The fourth-order valence-electron chi connectivity index (χ4n) is 3.66. The summed E-state index contributed by atoms with van der Waals surface area (Å²) >= 11 is 0. The Kier molecular flexibility index (Phi) is 5.98. The van der Waals surface area contributed by atoms with Gasteiger partial charge in [0.25, 0.3) is 0 Å². The lowest BCUT2D eigenvalue weighted by Gasteiger charge is -2.36. The van der Waals surface area contributed by atoms with E-state index in [1.54, 1.807) is 6.20 Å². The van der Waals surface area contributed by atoms with Gasteiger partial charge in [-0.05, 0) is 23.3 Å². The summed E-state index contributed by atoms with van der Waals surface area (Å²) in [6, 6.07) is 21.1. The SMILES string of the molecule is N#Cc1nccnc1NCc1ccccc1CN1CCN(c2ccccc2)CC1. The molecule has 0 radical (unpaired) electrons. The highest BCUT2D eigenvalue weighted by molar-refractivity contribution is 5.48. The fraction of sp³-hybridized carbons (Fsp3) is 0.261. The molecule has 0 unspecified atom stereocenters. The third kappa shape index (κ3) is 4.71. The zero-order valence-electron chi connectivity index (χ0n) is 16.3. The van der Waals surface area contributed by atoms with E-state index in [9.17, 15) is 5.26 Å². The molecule has 0 saturated carbocycles. The maximum atomic E-state index is 9.19. The Morgan fingerprint density at radius 2 is 1.55 bits per heavy atom. The largest absolute Gasteiger partial charge is 0.369 e. The highest BCUT2D eigenvalue weighted by atomic mass is 15.3. The third-order valence-electron chi connectivity index (χ3n) is 5.26. The van der Waals surface area contributed by atoms with Gasteiger partial charge in [0.15, 0.2) is 11.5 Å². The van der Waals surface area contributed by atoms with E-state index in [1.807, 2.05) is 0 Å². The Balaban J connectivity index is 1.37. The van der Waals surface area contributed by atoms with Crippen LogP contribution in [0, 0.1) is 11.3 Å². The number of anilines is 2. The smallest absolute Gasteiger partial charge is 0.182 e. The van der Waals surface area contributed by atoms with E-state index in [0.29, 0.717) is 18.1 Å². The van der Waals surface area contributed by atoms with Crippen LogP contribution in [0.1, 0.15) is 16.8 Å². The predicted octanol–water partition coefficient (Wildman–Crippen LogP) is 3.28. The average Bonchev–Trinajstić information content (AvgIpc) is 2.80. The molecule has 29 heavy (non-hydrogen) atoms. The minimum Gasteiger partial charge on any atom is -0.369 e. The van der Waals surface area contributed by atoms with Gasteiger partial charge in [-0.1, -0.05) is 42.5 Å². The van der Waals surface area contributed by atoms with E-state index in [1.165, 1.54) is 23.0 Å². The molecular formula is C23H24N6. The van der Waals surface area contributed by atoms with E-state index in [-0.39, 0.29) is 0 Å². The van der Waals surface area contributed by atoms with Crippen molar-refractivity contribution in [2.75, 3.05) is 36.4 Å². The summed E-state index contributed by atoms with van der Waals surface area (Å²) in [4.78, 5) is 13.2. The van der Waals surface area contributed by atoms with Crippen molar-refractivity contribution in [3.05, 3.63) is 83.8 Å². The van der Waals surface area contributed by atoms with Crippen molar-refractivity contribution < 1.29 is 0 Å². The number of aromatic nitrogens is 2. The number of nitriles is 1. The van der Waals surface area contributed by atoms with Gasteiger partial charge in [-0.15, -0.1) is 0 Å². The lowest BCUT2D eigenvalue weighted by molar-refractivity contribution is 0.249. The number of nitrogens with zero attached hydrogens (tertiary/aromatic N) is 5. The van der Waals surface area contributed by atoms with Crippen LogP contribution in [0.5, 0.6) is 0 Å². The van der Waals surface area contributed by atoms with Gasteiger partial charge in [0.1, 0.15) is 6.07 Å². The van der Waals surface area contributed by atoms with E-state index < -0.39 is 0 Å². The quantitative estimate of drug-likeness (QED) is 0.703. The van der Waals surface area contributed by atoms with Gasteiger partial charge < -0.3 is 10.2 Å². The van der Waals surface area contributed by atoms with E-state index in [2.05, 4.69) is 85.8 Å². The molecule has 1 fully saturated rings. The van der Waals surface area contributed by atoms with Gasteiger partial charge in [-0.3, -0.25) is 4.90 Å². The van der Waals surface area contributed by atoms with E-state index in [0.717, 1.165) is 32.7 Å². The molecule has 1 N–H and O–H groups in total. The van der Waals surface area contributed by atoms with Crippen LogP contribution < -0.4 is 10.2 Å². The second kappa shape index (κ2) is 9.18. The normalized spacial score (nSPS) is 14.4. The van der Waals surface area contributed by atoms with E-state index in [4.69, 9.17) is 0 Å². The summed E-state index contributed by atoms with van der Waals surface area (Å²) in [5.41, 5.74) is 4.14. The molecule has 0 spiro atoms. The van der Waals surface area contributed by atoms with Crippen molar-refractivity contribution in [3.63, 3.8) is 0 Å². The van der Waals surface area contributed by atoms with Crippen molar-refractivity contribution in [1.82, 2.24) is 14.9 Å². The number of piperazine rings is 1. The molecule has 2 aromatic carbocycles. The highest BCUT2D eigenvalue weighted by Crippen LogP contribution is 2.19. The Hall–Kier alpha value is -3.43. The first kappa shape index (κ1) is 18.9. The van der Waals surface area contributed by atoms with Crippen LogP contribution in [-0.4, -0.2) is 41.0 Å². The van der Waals surface area contributed by atoms with Gasteiger partial charge >= 0.3 is 0 Å². The number of hydrogen-bond donors (Lipinski definition) is 1. The van der Waals surface area contributed by atoms with Crippen LogP contribution in [0.2, 0.25) is 0 Å². The number of benzene rings is 2. The van der Waals surface area contributed by atoms with Crippen molar-refractivity contribution >= 4 is 11.5 Å². The lowest BCUT2D eigenvalue weighted by Crippen LogP contribution is -2.46. The van der Waals surface area contributed by atoms with Gasteiger partial charge in [0.2, 0.25) is 0 Å². The minimum absolute atomic E-state index is 0.321. The fourth-order valence-corrected chi connectivity index (χ4v) is 3.66. The predicted molar refractivity (Wildman–Crippen MR) is 114 cm³/mol. The molecule has 2 heterocycles. The number of nitrogens with one attached hydrogen (secondary N) is 1. The summed E-state index contributed by atoms with van der Waals surface area (Å²) in [5.74, 6) is 0.529. The van der Waals surface area contributed by atoms with Gasteiger partial charge in [0, 0.05) is 57.3 Å². The summed E-state index contributed by atoms with van der Waals surface area (Å²) in [7, 11) is 0. The molecule has 6 nitrogen and oxygen atoms in total. The minimum atomic E-state index is 0.321. The Morgan fingerprint density at radius 3 is 2.31 bits per heavy atom. The first-order valence-electron chi connectivity index (χ1n) is 9.87. The van der Waals surface area contributed by atoms with E-state index >= 15 is 0 Å². The topological polar surface area (TPSA) is 68.1 Å². The molecule has 0 amide bonds. The lowest BCUT2D eigenvalue weighted by atomic mass is 10.1. The number of rotatable bonds is 6. The van der Waals surface area contributed by atoms with Crippen LogP contribution in [0.4, 0.5) is 11.5 Å². The van der Waals surface area contributed by atoms with Gasteiger partial charge in [-0.25, -0.2) is 9.97 Å². The highest BCUT2D eigenvalue weighted by Gasteiger charge is 2.18. The van der Waals surface area contributed by atoms with Crippen molar-refractivity contribution in [3.8, 4) is 6.07 Å². The first-order chi connectivity index (χ1) is 14.3. The first-order valence-corrected chi connectivity index (χ1v) is 9.87. The molecule has 6 heteroatoms.